The lowest BCUT2D eigenvalue weighted by atomic mass is 10.0. The van der Waals surface area contributed by atoms with Crippen molar-refractivity contribution in [3.63, 3.8) is 0 Å². The minimum absolute atomic E-state index is 0.0375. The lowest BCUT2D eigenvalue weighted by Gasteiger charge is -2.03. The van der Waals surface area contributed by atoms with E-state index in [0.29, 0.717) is 11.3 Å². The Bertz CT molecular complexity index is 505. The molecule has 0 spiro atoms. The van der Waals surface area contributed by atoms with Gasteiger partial charge >= 0.3 is 0 Å². The van der Waals surface area contributed by atoms with E-state index < -0.39 is 0 Å². The van der Waals surface area contributed by atoms with Crippen molar-refractivity contribution in [2.75, 3.05) is 5.73 Å². The standard InChI is InChI=1S/C11H9NO2S/c12-10-2-1-7(3-11(10)14)9-6-15-5-8(9)4-13/h1-6,14H,12H2. The average molecular weight is 219 g/mol. The number of hydrogen-bond acceptors (Lipinski definition) is 4. The highest BCUT2D eigenvalue weighted by Crippen LogP contribution is 2.31. The first-order valence-corrected chi connectivity index (χ1v) is 5.27. The van der Waals surface area contributed by atoms with Crippen LogP contribution in [0.4, 0.5) is 5.69 Å². The number of phenolic OH excluding ortho intramolecular Hbond substituents is 1. The quantitative estimate of drug-likeness (QED) is 0.463. The molecule has 3 nitrogen and oxygen atoms in total. The first kappa shape index (κ1) is 9.73. The maximum Gasteiger partial charge on any atom is 0.151 e. The molecule has 0 saturated heterocycles. The Balaban J connectivity index is 2.54. The zero-order valence-electron chi connectivity index (χ0n) is 7.81. The molecule has 0 aliphatic heterocycles. The van der Waals surface area contributed by atoms with Crippen molar-refractivity contribution in [3.05, 3.63) is 34.5 Å². The first-order chi connectivity index (χ1) is 7.22. The van der Waals surface area contributed by atoms with Gasteiger partial charge in [0.05, 0.1) is 5.69 Å². The zero-order valence-corrected chi connectivity index (χ0v) is 8.62. The molecular weight excluding hydrogens is 210 g/mol. The van der Waals surface area contributed by atoms with Crippen molar-refractivity contribution in [2.24, 2.45) is 0 Å². The number of carbonyl (C=O) groups excluding carboxylic acids is 1. The van der Waals surface area contributed by atoms with E-state index in [-0.39, 0.29) is 5.75 Å². The third-order valence-electron chi connectivity index (χ3n) is 2.16. The van der Waals surface area contributed by atoms with Crippen LogP contribution < -0.4 is 5.73 Å². The molecule has 0 bridgehead atoms. The van der Waals surface area contributed by atoms with E-state index in [1.165, 1.54) is 11.3 Å². The van der Waals surface area contributed by atoms with E-state index in [0.717, 1.165) is 17.4 Å². The number of aromatic hydroxyl groups is 1. The monoisotopic (exact) mass is 219 g/mol. The molecule has 3 N–H and O–H groups in total. The summed E-state index contributed by atoms with van der Waals surface area (Å²) >= 11 is 1.45. The number of anilines is 1. The van der Waals surface area contributed by atoms with Crippen molar-refractivity contribution in [3.8, 4) is 16.9 Å². The van der Waals surface area contributed by atoms with Gasteiger partial charge in [-0.3, -0.25) is 4.79 Å². The summed E-state index contributed by atoms with van der Waals surface area (Å²) in [5.41, 5.74) is 8.08. The third kappa shape index (κ3) is 1.71. The van der Waals surface area contributed by atoms with Crippen molar-refractivity contribution in [1.82, 2.24) is 0 Å². The highest BCUT2D eigenvalue weighted by Gasteiger charge is 2.07. The maximum atomic E-state index is 10.7. The molecule has 4 heteroatoms. The molecule has 0 aliphatic rings. The van der Waals surface area contributed by atoms with Gasteiger partial charge in [0.1, 0.15) is 5.75 Å². The number of phenols is 1. The van der Waals surface area contributed by atoms with Crippen LogP contribution in [0, 0.1) is 0 Å². The summed E-state index contributed by atoms with van der Waals surface area (Å²) in [7, 11) is 0. The Morgan fingerprint density at radius 1 is 1.33 bits per heavy atom. The van der Waals surface area contributed by atoms with Crippen LogP contribution in [0.15, 0.2) is 29.0 Å². The summed E-state index contributed by atoms with van der Waals surface area (Å²) in [6.07, 6.45) is 0.805. The number of nitrogen functional groups attached to an aromatic ring is 1. The molecule has 0 amide bonds. The van der Waals surface area contributed by atoms with Crippen molar-refractivity contribution >= 4 is 23.3 Å². The van der Waals surface area contributed by atoms with Gasteiger partial charge in [0.2, 0.25) is 0 Å². The van der Waals surface area contributed by atoms with Gasteiger partial charge in [0.15, 0.2) is 6.29 Å². The SMILES string of the molecule is Nc1ccc(-c2cscc2C=O)cc1O. The van der Waals surface area contributed by atoms with Crippen molar-refractivity contribution in [2.45, 2.75) is 0 Å². The van der Waals surface area contributed by atoms with Crippen molar-refractivity contribution < 1.29 is 9.90 Å². The Morgan fingerprint density at radius 3 is 2.80 bits per heavy atom. The molecule has 1 heterocycles. The van der Waals surface area contributed by atoms with Gasteiger partial charge in [0, 0.05) is 16.5 Å². The Hall–Kier alpha value is -1.81. The van der Waals surface area contributed by atoms with Gasteiger partial charge in [-0.15, -0.1) is 0 Å². The summed E-state index contributed by atoms with van der Waals surface area (Å²) in [4.78, 5) is 10.7. The van der Waals surface area contributed by atoms with Crippen LogP contribution in [0.1, 0.15) is 10.4 Å². The molecule has 0 saturated carbocycles. The van der Waals surface area contributed by atoms with Gasteiger partial charge in [-0.1, -0.05) is 6.07 Å². The van der Waals surface area contributed by atoms with Crippen LogP contribution in [0.2, 0.25) is 0 Å². The first-order valence-electron chi connectivity index (χ1n) is 4.32. The topological polar surface area (TPSA) is 63.3 Å². The van der Waals surface area contributed by atoms with Gasteiger partial charge in [-0.2, -0.15) is 11.3 Å². The second kappa shape index (κ2) is 3.74. The average Bonchev–Trinajstić information content (AvgIpc) is 2.70. The number of rotatable bonds is 2. The molecule has 15 heavy (non-hydrogen) atoms. The summed E-state index contributed by atoms with van der Waals surface area (Å²) < 4.78 is 0. The summed E-state index contributed by atoms with van der Waals surface area (Å²) in [5.74, 6) is 0.0375. The molecule has 1 aromatic heterocycles. The van der Waals surface area contributed by atoms with E-state index in [1.807, 2.05) is 5.38 Å². The Morgan fingerprint density at radius 2 is 2.13 bits per heavy atom. The van der Waals surface area contributed by atoms with E-state index in [1.54, 1.807) is 23.6 Å². The smallest absolute Gasteiger partial charge is 0.151 e. The predicted molar refractivity (Wildman–Crippen MR) is 61.2 cm³/mol. The van der Waals surface area contributed by atoms with Crippen LogP contribution in [-0.4, -0.2) is 11.4 Å². The number of carbonyl (C=O) groups is 1. The highest BCUT2D eigenvalue weighted by atomic mass is 32.1. The van der Waals surface area contributed by atoms with Gasteiger partial charge in [-0.05, 0) is 23.1 Å². The number of thiophene rings is 1. The molecule has 76 valence electrons. The van der Waals surface area contributed by atoms with E-state index in [4.69, 9.17) is 5.73 Å². The van der Waals surface area contributed by atoms with Crippen LogP contribution in [0.5, 0.6) is 5.75 Å². The predicted octanol–water partition coefficient (Wildman–Crippen LogP) is 2.52. The molecule has 0 radical (unpaired) electrons. The van der Waals surface area contributed by atoms with Crippen LogP contribution in [0.25, 0.3) is 11.1 Å². The highest BCUT2D eigenvalue weighted by molar-refractivity contribution is 7.08. The third-order valence-corrected chi connectivity index (χ3v) is 2.92. The molecule has 2 aromatic rings. The van der Waals surface area contributed by atoms with Gasteiger partial charge in [-0.25, -0.2) is 0 Å². The minimum atomic E-state index is 0.0375. The summed E-state index contributed by atoms with van der Waals surface area (Å²) in [5, 5.41) is 13.1. The van der Waals surface area contributed by atoms with Crippen LogP contribution in [0.3, 0.4) is 0 Å². The Kier molecular flexibility index (Phi) is 2.43. The molecule has 2 rings (SSSR count). The van der Waals surface area contributed by atoms with E-state index >= 15 is 0 Å². The molecule has 0 fully saturated rings. The maximum absolute atomic E-state index is 10.7. The van der Waals surface area contributed by atoms with E-state index in [2.05, 4.69) is 0 Å². The second-order valence-corrected chi connectivity index (χ2v) is 3.88. The minimum Gasteiger partial charge on any atom is -0.506 e. The fourth-order valence-corrected chi connectivity index (χ4v) is 2.15. The second-order valence-electron chi connectivity index (χ2n) is 3.13. The largest absolute Gasteiger partial charge is 0.506 e. The zero-order chi connectivity index (χ0) is 10.8. The normalized spacial score (nSPS) is 10.1. The van der Waals surface area contributed by atoms with Crippen molar-refractivity contribution in [1.29, 1.82) is 0 Å². The molecule has 1 aromatic carbocycles. The van der Waals surface area contributed by atoms with Crippen LogP contribution in [-0.2, 0) is 0 Å². The molecular formula is C11H9NO2S. The Labute approximate surface area is 90.8 Å². The fraction of sp³-hybridized carbons (Fsp3) is 0. The number of hydrogen-bond donors (Lipinski definition) is 2. The lowest BCUT2D eigenvalue weighted by Crippen LogP contribution is -1.87. The van der Waals surface area contributed by atoms with Gasteiger partial charge < -0.3 is 10.8 Å². The molecule has 0 atom stereocenters. The molecule has 0 aliphatic carbocycles. The number of nitrogens with two attached hydrogens (primary N) is 1. The molecule has 0 unspecified atom stereocenters. The summed E-state index contributed by atoms with van der Waals surface area (Å²) in [6.45, 7) is 0. The summed E-state index contributed by atoms with van der Waals surface area (Å²) in [6, 6.07) is 4.96. The van der Waals surface area contributed by atoms with Gasteiger partial charge in [0.25, 0.3) is 0 Å². The lowest BCUT2D eigenvalue weighted by molar-refractivity contribution is 0.112. The number of aldehydes is 1. The van der Waals surface area contributed by atoms with E-state index in [9.17, 15) is 9.90 Å². The van der Waals surface area contributed by atoms with Crippen LogP contribution >= 0.6 is 11.3 Å². The number of benzene rings is 1. The fourth-order valence-electron chi connectivity index (χ4n) is 1.34.